The standard InChI is InChI=1S/C11H17N3O2/c1-4-5-6-9-10(11(15)16)12-13-14(9)7-8(2)3/h2,4-7H2,1,3H3,(H,15,16). The van der Waals surface area contributed by atoms with Crippen molar-refractivity contribution in [3.63, 3.8) is 0 Å². The molecule has 5 heteroatoms. The summed E-state index contributed by atoms with van der Waals surface area (Å²) in [5.74, 6) is -1.01. The molecule has 5 nitrogen and oxygen atoms in total. The van der Waals surface area contributed by atoms with Crippen molar-refractivity contribution in [1.82, 2.24) is 15.0 Å². The first-order chi connectivity index (χ1) is 7.56. The average molecular weight is 223 g/mol. The molecule has 0 aliphatic heterocycles. The molecular weight excluding hydrogens is 206 g/mol. The molecule has 1 aromatic heterocycles. The van der Waals surface area contributed by atoms with Gasteiger partial charge in [0.1, 0.15) is 0 Å². The van der Waals surface area contributed by atoms with E-state index in [1.165, 1.54) is 0 Å². The molecule has 1 aromatic rings. The second-order valence-corrected chi connectivity index (χ2v) is 3.91. The fourth-order valence-corrected chi connectivity index (χ4v) is 1.47. The zero-order chi connectivity index (χ0) is 12.1. The maximum Gasteiger partial charge on any atom is 0.358 e. The van der Waals surface area contributed by atoms with Gasteiger partial charge in [-0.05, 0) is 19.8 Å². The van der Waals surface area contributed by atoms with Gasteiger partial charge in [0, 0.05) is 0 Å². The molecule has 16 heavy (non-hydrogen) atoms. The van der Waals surface area contributed by atoms with E-state index in [9.17, 15) is 4.79 Å². The van der Waals surface area contributed by atoms with E-state index in [2.05, 4.69) is 23.8 Å². The van der Waals surface area contributed by atoms with Gasteiger partial charge in [0.15, 0.2) is 5.69 Å². The van der Waals surface area contributed by atoms with Crippen molar-refractivity contribution >= 4 is 5.97 Å². The Labute approximate surface area is 94.8 Å². The highest BCUT2D eigenvalue weighted by atomic mass is 16.4. The van der Waals surface area contributed by atoms with E-state index < -0.39 is 5.97 Å². The zero-order valence-electron chi connectivity index (χ0n) is 9.73. The summed E-state index contributed by atoms with van der Waals surface area (Å²) in [4.78, 5) is 10.9. The van der Waals surface area contributed by atoms with Crippen LogP contribution in [0.2, 0.25) is 0 Å². The Hall–Kier alpha value is -1.65. The van der Waals surface area contributed by atoms with Crippen LogP contribution in [0, 0.1) is 0 Å². The second-order valence-electron chi connectivity index (χ2n) is 3.91. The lowest BCUT2D eigenvalue weighted by Gasteiger charge is -2.05. The topological polar surface area (TPSA) is 68.0 Å². The predicted octanol–water partition coefficient (Wildman–Crippen LogP) is 1.90. The van der Waals surface area contributed by atoms with Gasteiger partial charge in [-0.2, -0.15) is 0 Å². The number of hydrogen-bond donors (Lipinski definition) is 1. The minimum Gasteiger partial charge on any atom is -0.476 e. The summed E-state index contributed by atoms with van der Waals surface area (Å²) in [6, 6.07) is 0. The van der Waals surface area contributed by atoms with Crippen molar-refractivity contribution in [1.29, 1.82) is 0 Å². The Morgan fingerprint density at radius 3 is 2.75 bits per heavy atom. The number of carboxylic acids is 1. The number of aromatic nitrogens is 3. The van der Waals surface area contributed by atoms with Crippen molar-refractivity contribution < 1.29 is 9.90 Å². The van der Waals surface area contributed by atoms with Crippen LogP contribution in [0.3, 0.4) is 0 Å². The van der Waals surface area contributed by atoms with Crippen LogP contribution >= 0.6 is 0 Å². The molecule has 0 saturated heterocycles. The van der Waals surface area contributed by atoms with Gasteiger partial charge < -0.3 is 5.11 Å². The molecule has 0 aliphatic carbocycles. The normalized spacial score (nSPS) is 10.4. The molecular formula is C11H17N3O2. The summed E-state index contributed by atoms with van der Waals surface area (Å²) in [7, 11) is 0. The van der Waals surface area contributed by atoms with Crippen molar-refractivity contribution in [2.45, 2.75) is 39.7 Å². The molecule has 0 aliphatic rings. The molecule has 0 saturated carbocycles. The van der Waals surface area contributed by atoms with E-state index in [-0.39, 0.29) is 5.69 Å². The SMILES string of the molecule is C=C(C)Cn1nnc(C(=O)O)c1CCCC. The number of rotatable bonds is 6. The van der Waals surface area contributed by atoms with Crippen LogP contribution in [-0.4, -0.2) is 26.1 Å². The lowest BCUT2D eigenvalue weighted by Crippen LogP contribution is -2.09. The third-order valence-corrected chi connectivity index (χ3v) is 2.23. The molecule has 1 N–H and O–H groups in total. The summed E-state index contributed by atoms with van der Waals surface area (Å²) in [5, 5.41) is 16.5. The van der Waals surface area contributed by atoms with Crippen LogP contribution in [0.5, 0.6) is 0 Å². The van der Waals surface area contributed by atoms with Crippen LogP contribution in [0.1, 0.15) is 42.9 Å². The Balaban J connectivity index is 2.98. The van der Waals surface area contributed by atoms with Crippen molar-refractivity contribution in [2.24, 2.45) is 0 Å². The predicted molar refractivity (Wildman–Crippen MR) is 60.4 cm³/mol. The van der Waals surface area contributed by atoms with E-state index in [0.29, 0.717) is 18.7 Å². The Morgan fingerprint density at radius 1 is 1.56 bits per heavy atom. The fourth-order valence-electron chi connectivity index (χ4n) is 1.47. The van der Waals surface area contributed by atoms with Crippen LogP contribution in [0.25, 0.3) is 0 Å². The summed E-state index contributed by atoms with van der Waals surface area (Å²) in [6.07, 6.45) is 2.64. The lowest BCUT2D eigenvalue weighted by atomic mass is 10.1. The monoisotopic (exact) mass is 223 g/mol. The van der Waals surface area contributed by atoms with Gasteiger partial charge in [0.2, 0.25) is 0 Å². The summed E-state index contributed by atoms with van der Waals surface area (Å²) >= 11 is 0. The first-order valence-electron chi connectivity index (χ1n) is 5.36. The highest BCUT2D eigenvalue weighted by Crippen LogP contribution is 2.11. The number of allylic oxidation sites excluding steroid dienone is 1. The Morgan fingerprint density at radius 2 is 2.25 bits per heavy atom. The maximum absolute atomic E-state index is 10.9. The molecule has 0 bridgehead atoms. The smallest absolute Gasteiger partial charge is 0.358 e. The van der Waals surface area contributed by atoms with Gasteiger partial charge in [-0.3, -0.25) is 0 Å². The van der Waals surface area contributed by atoms with Crippen molar-refractivity contribution in [2.75, 3.05) is 0 Å². The van der Waals surface area contributed by atoms with Crippen LogP contribution in [-0.2, 0) is 13.0 Å². The summed E-state index contributed by atoms with van der Waals surface area (Å²) < 4.78 is 1.63. The van der Waals surface area contributed by atoms with E-state index in [0.717, 1.165) is 18.4 Å². The molecule has 88 valence electrons. The van der Waals surface area contributed by atoms with Crippen LogP contribution < -0.4 is 0 Å². The molecule has 1 heterocycles. The average Bonchev–Trinajstić information content (AvgIpc) is 2.57. The molecule has 0 fully saturated rings. The molecule has 0 aromatic carbocycles. The number of hydrogen-bond acceptors (Lipinski definition) is 3. The van der Waals surface area contributed by atoms with Gasteiger partial charge >= 0.3 is 5.97 Å². The Bertz CT molecular complexity index is 396. The zero-order valence-corrected chi connectivity index (χ0v) is 9.73. The molecule has 0 atom stereocenters. The lowest BCUT2D eigenvalue weighted by molar-refractivity contribution is 0.0689. The molecule has 1 rings (SSSR count). The number of unbranched alkanes of at least 4 members (excludes halogenated alkanes) is 1. The summed E-state index contributed by atoms with van der Waals surface area (Å²) in [5.41, 5.74) is 1.69. The van der Waals surface area contributed by atoms with Crippen molar-refractivity contribution in [3.05, 3.63) is 23.5 Å². The molecule has 0 amide bonds. The first-order valence-corrected chi connectivity index (χ1v) is 5.36. The third-order valence-electron chi connectivity index (χ3n) is 2.23. The van der Waals surface area contributed by atoms with Gasteiger partial charge in [-0.1, -0.05) is 30.7 Å². The fraction of sp³-hybridized carbons (Fsp3) is 0.545. The highest BCUT2D eigenvalue weighted by molar-refractivity contribution is 5.86. The van der Waals surface area contributed by atoms with Gasteiger partial charge in [0.25, 0.3) is 0 Å². The molecule has 0 radical (unpaired) electrons. The van der Waals surface area contributed by atoms with E-state index in [1.54, 1.807) is 4.68 Å². The van der Waals surface area contributed by atoms with Crippen LogP contribution in [0.4, 0.5) is 0 Å². The highest BCUT2D eigenvalue weighted by Gasteiger charge is 2.18. The summed E-state index contributed by atoms with van der Waals surface area (Å²) in [6.45, 7) is 8.26. The molecule has 0 spiro atoms. The number of carboxylic acid groups (broad SMARTS) is 1. The Kier molecular flexibility index (Phi) is 4.22. The van der Waals surface area contributed by atoms with Gasteiger partial charge in [-0.15, -0.1) is 5.10 Å². The maximum atomic E-state index is 10.9. The van der Waals surface area contributed by atoms with E-state index >= 15 is 0 Å². The second kappa shape index (κ2) is 5.44. The number of carbonyl (C=O) groups is 1. The van der Waals surface area contributed by atoms with Gasteiger partial charge in [-0.25, -0.2) is 9.48 Å². The molecule has 0 unspecified atom stereocenters. The van der Waals surface area contributed by atoms with Crippen LogP contribution in [0.15, 0.2) is 12.2 Å². The number of aromatic carboxylic acids is 1. The first kappa shape index (κ1) is 12.4. The van der Waals surface area contributed by atoms with E-state index in [1.807, 2.05) is 6.92 Å². The minimum absolute atomic E-state index is 0.0645. The van der Waals surface area contributed by atoms with Crippen molar-refractivity contribution in [3.8, 4) is 0 Å². The third kappa shape index (κ3) is 2.92. The largest absolute Gasteiger partial charge is 0.476 e. The van der Waals surface area contributed by atoms with E-state index in [4.69, 9.17) is 5.11 Å². The quantitative estimate of drug-likeness (QED) is 0.748. The minimum atomic E-state index is -1.01. The number of nitrogens with zero attached hydrogens (tertiary/aromatic N) is 3. The van der Waals surface area contributed by atoms with Gasteiger partial charge in [0.05, 0.1) is 12.2 Å².